The third-order valence-electron chi connectivity index (χ3n) is 7.81. The topological polar surface area (TPSA) is 86.8 Å². The summed E-state index contributed by atoms with van der Waals surface area (Å²) >= 11 is 12.4. The molecule has 1 N–H and O–H groups in total. The Bertz CT molecular complexity index is 1530. The number of anilines is 1. The number of sulfonamides is 1. The largest absolute Gasteiger partial charge is 0.352 e. The van der Waals surface area contributed by atoms with E-state index in [4.69, 9.17) is 23.2 Å². The van der Waals surface area contributed by atoms with E-state index >= 15 is 0 Å². The van der Waals surface area contributed by atoms with Crippen LogP contribution < -0.4 is 9.62 Å². The standard InChI is InChI=1S/C32H37Cl2N3O4S/c1-4-30(32(39)35-25-10-8-9-11-25)36(20-24-15-17-28(33)29(34)19-24)31(38)21-37(26-16-14-22(2)23(3)18-26)42(40,41)27-12-6-5-7-13-27/h5-7,12-19,25,30H,4,8-11,20-21H2,1-3H3,(H,35,39)/t30-/m1/s1. The minimum Gasteiger partial charge on any atom is -0.352 e. The Morgan fingerprint density at radius 2 is 1.62 bits per heavy atom. The highest BCUT2D eigenvalue weighted by molar-refractivity contribution is 7.92. The number of aryl methyl sites for hydroxylation is 2. The molecule has 1 atom stereocenters. The molecule has 2 amide bonds. The Hall–Kier alpha value is -3.07. The van der Waals surface area contributed by atoms with Gasteiger partial charge in [0.1, 0.15) is 12.6 Å². The number of halogens is 2. The van der Waals surface area contributed by atoms with Crippen LogP contribution in [-0.2, 0) is 26.2 Å². The van der Waals surface area contributed by atoms with Gasteiger partial charge in [0.05, 0.1) is 20.6 Å². The molecule has 42 heavy (non-hydrogen) atoms. The predicted molar refractivity (Wildman–Crippen MR) is 168 cm³/mol. The Balaban J connectivity index is 1.73. The molecule has 224 valence electrons. The fourth-order valence-corrected chi connectivity index (χ4v) is 7.00. The lowest BCUT2D eigenvalue weighted by atomic mass is 10.1. The molecule has 1 fully saturated rings. The maximum absolute atomic E-state index is 14.2. The molecule has 0 heterocycles. The number of amides is 2. The molecule has 3 aromatic carbocycles. The fourth-order valence-electron chi connectivity index (χ4n) is 5.25. The molecule has 10 heteroatoms. The van der Waals surface area contributed by atoms with Crippen molar-refractivity contribution >= 4 is 50.7 Å². The van der Waals surface area contributed by atoms with Gasteiger partial charge in [0, 0.05) is 12.6 Å². The second-order valence-corrected chi connectivity index (χ2v) is 13.5. The van der Waals surface area contributed by atoms with E-state index in [1.807, 2.05) is 26.8 Å². The molecule has 0 bridgehead atoms. The van der Waals surface area contributed by atoms with Crippen molar-refractivity contribution in [2.24, 2.45) is 0 Å². The maximum atomic E-state index is 14.2. The van der Waals surface area contributed by atoms with Crippen molar-refractivity contribution in [2.45, 2.75) is 76.4 Å². The Morgan fingerprint density at radius 1 is 0.929 bits per heavy atom. The van der Waals surface area contributed by atoms with E-state index < -0.39 is 28.5 Å². The highest BCUT2D eigenvalue weighted by Crippen LogP contribution is 2.28. The second kappa shape index (κ2) is 13.9. The van der Waals surface area contributed by atoms with Crippen molar-refractivity contribution in [1.82, 2.24) is 10.2 Å². The first-order valence-corrected chi connectivity index (χ1v) is 16.4. The van der Waals surface area contributed by atoms with Gasteiger partial charge in [-0.1, -0.05) is 73.3 Å². The van der Waals surface area contributed by atoms with Gasteiger partial charge < -0.3 is 10.2 Å². The molecule has 0 aliphatic heterocycles. The van der Waals surface area contributed by atoms with E-state index in [1.165, 1.54) is 17.0 Å². The minimum absolute atomic E-state index is 0.0540. The maximum Gasteiger partial charge on any atom is 0.264 e. The molecular formula is C32H37Cl2N3O4S. The van der Waals surface area contributed by atoms with Gasteiger partial charge in [-0.2, -0.15) is 0 Å². The zero-order valence-corrected chi connectivity index (χ0v) is 26.5. The average Bonchev–Trinajstić information content (AvgIpc) is 3.48. The fraction of sp³-hybridized carbons (Fsp3) is 0.375. The zero-order chi connectivity index (χ0) is 30.4. The van der Waals surface area contributed by atoms with Crippen LogP contribution in [-0.4, -0.2) is 43.8 Å². The molecule has 0 radical (unpaired) electrons. The first-order chi connectivity index (χ1) is 20.0. The second-order valence-electron chi connectivity index (χ2n) is 10.8. The van der Waals surface area contributed by atoms with E-state index in [9.17, 15) is 18.0 Å². The molecular weight excluding hydrogens is 593 g/mol. The molecule has 0 aromatic heterocycles. The normalized spacial score (nSPS) is 14.4. The van der Waals surface area contributed by atoms with Crippen molar-refractivity contribution in [3.8, 4) is 0 Å². The van der Waals surface area contributed by atoms with Gasteiger partial charge in [0.15, 0.2) is 0 Å². The lowest BCUT2D eigenvalue weighted by Crippen LogP contribution is -2.53. The Morgan fingerprint density at radius 3 is 2.24 bits per heavy atom. The molecule has 3 aromatic rings. The number of carbonyl (C=O) groups excluding carboxylic acids is 2. The van der Waals surface area contributed by atoms with Crippen LogP contribution in [0.2, 0.25) is 10.0 Å². The molecule has 1 saturated carbocycles. The van der Waals surface area contributed by atoms with Gasteiger partial charge >= 0.3 is 0 Å². The number of carbonyl (C=O) groups is 2. The van der Waals surface area contributed by atoms with Crippen LogP contribution in [0.15, 0.2) is 71.6 Å². The number of benzene rings is 3. The summed E-state index contributed by atoms with van der Waals surface area (Å²) in [6, 6.07) is 17.6. The van der Waals surface area contributed by atoms with Crippen LogP contribution in [0.4, 0.5) is 5.69 Å². The van der Waals surface area contributed by atoms with Gasteiger partial charge in [-0.05, 0) is 86.2 Å². The summed E-state index contributed by atoms with van der Waals surface area (Å²) in [5.41, 5.74) is 2.93. The van der Waals surface area contributed by atoms with Crippen LogP contribution >= 0.6 is 23.2 Å². The highest BCUT2D eigenvalue weighted by atomic mass is 35.5. The summed E-state index contributed by atoms with van der Waals surface area (Å²) in [4.78, 5) is 29.3. The average molecular weight is 631 g/mol. The summed E-state index contributed by atoms with van der Waals surface area (Å²) in [6.45, 7) is 5.24. The van der Waals surface area contributed by atoms with Crippen molar-refractivity contribution in [3.63, 3.8) is 0 Å². The molecule has 1 aliphatic carbocycles. The van der Waals surface area contributed by atoms with Gasteiger partial charge in [0.25, 0.3) is 10.0 Å². The van der Waals surface area contributed by atoms with Crippen molar-refractivity contribution < 1.29 is 18.0 Å². The summed E-state index contributed by atoms with van der Waals surface area (Å²) in [6.07, 6.45) is 4.25. The van der Waals surface area contributed by atoms with Gasteiger partial charge in [-0.15, -0.1) is 0 Å². The van der Waals surface area contributed by atoms with Crippen LogP contribution in [0, 0.1) is 13.8 Å². The monoisotopic (exact) mass is 629 g/mol. The zero-order valence-electron chi connectivity index (χ0n) is 24.1. The number of nitrogens with zero attached hydrogens (tertiary/aromatic N) is 2. The molecule has 7 nitrogen and oxygen atoms in total. The molecule has 0 spiro atoms. The van der Waals surface area contributed by atoms with E-state index in [2.05, 4.69) is 5.32 Å². The number of hydrogen-bond donors (Lipinski definition) is 1. The predicted octanol–water partition coefficient (Wildman–Crippen LogP) is 6.67. The summed E-state index contributed by atoms with van der Waals surface area (Å²) in [5, 5.41) is 3.82. The Labute approximate surface area is 258 Å². The van der Waals surface area contributed by atoms with E-state index in [1.54, 1.807) is 48.5 Å². The summed E-state index contributed by atoms with van der Waals surface area (Å²) in [5.74, 6) is -0.756. The third-order valence-corrected chi connectivity index (χ3v) is 10.3. The van der Waals surface area contributed by atoms with E-state index in [0.29, 0.717) is 27.7 Å². The molecule has 4 rings (SSSR count). The summed E-state index contributed by atoms with van der Waals surface area (Å²) in [7, 11) is -4.12. The van der Waals surface area contributed by atoms with Crippen LogP contribution in [0.25, 0.3) is 0 Å². The Kier molecular flexibility index (Phi) is 10.6. The lowest BCUT2D eigenvalue weighted by Gasteiger charge is -2.34. The van der Waals surface area contributed by atoms with Gasteiger partial charge in [0.2, 0.25) is 11.8 Å². The molecule has 1 aliphatic rings. The van der Waals surface area contributed by atoms with E-state index in [0.717, 1.165) is 41.1 Å². The van der Waals surface area contributed by atoms with Crippen LogP contribution in [0.5, 0.6) is 0 Å². The van der Waals surface area contributed by atoms with Gasteiger partial charge in [-0.3, -0.25) is 13.9 Å². The number of nitrogens with one attached hydrogen (secondary N) is 1. The summed E-state index contributed by atoms with van der Waals surface area (Å²) < 4.78 is 29.1. The molecule has 0 saturated heterocycles. The van der Waals surface area contributed by atoms with Crippen molar-refractivity contribution in [2.75, 3.05) is 10.8 Å². The smallest absolute Gasteiger partial charge is 0.264 e. The van der Waals surface area contributed by atoms with Crippen molar-refractivity contribution in [3.05, 3.63) is 93.5 Å². The highest BCUT2D eigenvalue weighted by Gasteiger charge is 2.34. The van der Waals surface area contributed by atoms with Crippen LogP contribution in [0.3, 0.4) is 0 Å². The minimum atomic E-state index is -4.12. The third kappa shape index (κ3) is 7.46. The SMILES string of the molecule is CC[C@H](C(=O)NC1CCCC1)N(Cc1ccc(Cl)c(Cl)c1)C(=O)CN(c1ccc(C)c(C)c1)S(=O)(=O)c1ccccc1. The van der Waals surface area contributed by atoms with Crippen LogP contribution in [0.1, 0.15) is 55.7 Å². The van der Waals surface area contributed by atoms with Gasteiger partial charge in [-0.25, -0.2) is 8.42 Å². The quantitative estimate of drug-likeness (QED) is 0.256. The number of hydrogen-bond acceptors (Lipinski definition) is 4. The first-order valence-electron chi connectivity index (χ1n) is 14.2. The number of rotatable bonds is 11. The van der Waals surface area contributed by atoms with E-state index in [-0.39, 0.29) is 23.4 Å². The van der Waals surface area contributed by atoms with Crippen molar-refractivity contribution in [1.29, 1.82) is 0 Å². The first kappa shape index (κ1) is 31.9. The lowest BCUT2D eigenvalue weighted by molar-refractivity contribution is -0.140. The molecule has 0 unspecified atom stereocenters.